The van der Waals surface area contributed by atoms with E-state index in [1.807, 2.05) is 0 Å². The molecule has 3 rings (SSSR count). The minimum absolute atomic E-state index is 0.0439. The first-order chi connectivity index (χ1) is 16.4. The number of alkyl halides is 3. The fraction of sp³-hybridized carbons (Fsp3) is 0.375. The Kier molecular flexibility index (Phi) is 7.57. The van der Waals surface area contributed by atoms with Gasteiger partial charge >= 0.3 is 12.1 Å². The van der Waals surface area contributed by atoms with Gasteiger partial charge in [-0.15, -0.1) is 0 Å². The maximum atomic E-state index is 13.3. The summed E-state index contributed by atoms with van der Waals surface area (Å²) < 4.78 is 44.2. The van der Waals surface area contributed by atoms with Crippen molar-refractivity contribution in [2.75, 3.05) is 26.2 Å². The number of piperazine rings is 1. The molecule has 2 amide bonds. The Morgan fingerprint density at radius 2 is 1.89 bits per heavy atom. The molecule has 0 spiro atoms. The number of carbonyl (C=O) groups is 3. The Hall–Kier alpha value is -3.76. The van der Waals surface area contributed by atoms with Crippen molar-refractivity contribution >= 4 is 17.8 Å². The lowest BCUT2D eigenvalue weighted by molar-refractivity contribution is -0.137. The summed E-state index contributed by atoms with van der Waals surface area (Å²) in [4.78, 5) is 50.0. The third-order valence-electron chi connectivity index (χ3n) is 5.55. The Labute approximate surface area is 200 Å². The number of esters is 1. The minimum Gasteiger partial charge on any atom is -0.458 e. The van der Waals surface area contributed by atoms with E-state index in [9.17, 15) is 27.6 Å². The first kappa shape index (κ1) is 25.9. The van der Waals surface area contributed by atoms with Crippen molar-refractivity contribution in [2.45, 2.75) is 33.0 Å². The molecule has 1 atom stereocenters. The summed E-state index contributed by atoms with van der Waals surface area (Å²) in [7, 11) is 0. The number of rotatable bonds is 5. The number of hydrogen-bond donors (Lipinski definition) is 0. The Morgan fingerprint density at radius 1 is 1.17 bits per heavy atom. The van der Waals surface area contributed by atoms with Gasteiger partial charge < -0.3 is 14.5 Å². The fourth-order valence-corrected chi connectivity index (χ4v) is 3.91. The van der Waals surface area contributed by atoms with E-state index in [1.54, 1.807) is 20.8 Å². The van der Waals surface area contributed by atoms with Crippen LogP contribution in [-0.2, 0) is 10.9 Å². The molecular formula is C24H25F3N4O4. The largest absolute Gasteiger partial charge is 0.458 e. The van der Waals surface area contributed by atoms with Crippen LogP contribution in [0.3, 0.4) is 0 Å². The van der Waals surface area contributed by atoms with Gasteiger partial charge in [-0.2, -0.15) is 13.2 Å². The summed E-state index contributed by atoms with van der Waals surface area (Å²) in [5.41, 5.74) is -0.844. The molecule has 1 aliphatic rings. The number of ether oxygens (including phenoxy) is 1. The second kappa shape index (κ2) is 10.2. The van der Waals surface area contributed by atoms with Crippen LogP contribution in [-0.4, -0.2) is 69.8 Å². The van der Waals surface area contributed by atoms with Gasteiger partial charge in [0.05, 0.1) is 11.3 Å². The van der Waals surface area contributed by atoms with Gasteiger partial charge in [0.15, 0.2) is 0 Å². The molecule has 11 heteroatoms. The van der Waals surface area contributed by atoms with E-state index in [0.717, 1.165) is 12.1 Å². The molecule has 1 aromatic heterocycles. The molecule has 1 fully saturated rings. The molecule has 186 valence electrons. The summed E-state index contributed by atoms with van der Waals surface area (Å²) in [5.74, 6) is -1.53. The molecule has 0 bridgehead atoms. The number of halogens is 3. The standard InChI is InChI=1S/C24H25F3N4O4/c1-5-11-35-23(34)19-15(3)28-16(4)29-20(19)22(33)30-9-10-31(14(2)13-30)21(32)17-7-6-8-18(12-17)24(25,26)27/h5-8,12,14H,1,9-11,13H2,2-4H3. The van der Waals surface area contributed by atoms with Crippen molar-refractivity contribution in [3.63, 3.8) is 0 Å². The lowest BCUT2D eigenvalue weighted by atomic mass is 10.1. The average Bonchev–Trinajstić information content (AvgIpc) is 2.80. The fourth-order valence-electron chi connectivity index (χ4n) is 3.91. The minimum atomic E-state index is -4.56. The van der Waals surface area contributed by atoms with Gasteiger partial charge in [-0.3, -0.25) is 9.59 Å². The molecule has 0 N–H and O–H groups in total. The van der Waals surface area contributed by atoms with Gasteiger partial charge in [0.1, 0.15) is 23.7 Å². The van der Waals surface area contributed by atoms with E-state index >= 15 is 0 Å². The van der Waals surface area contributed by atoms with Gasteiger partial charge in [0.25, 0.3) is 11.8 Å². The molecule has 8 nitrogen and oxygen atoms in total. The Balaban J connectivity index is 1.80. The predicted molar refractivity (Wildman–Crippen MR) is 120 cm³/mol. The highest BCUT2D eigenvalue weighted by Crippen LogP contribution is 2.30. The molecule has 1 saturated heterocycles. The van der Waals surface area contributed by atoms with Gasteiger partial charge in [-0.25, -0.2) is 14.8 Å². The zero-order valence-electron chi connectivity index (χ0n) is 19.6. The SMILES string of the molecule is C=CCOC(=O)c1c(C)nc(C)nc1C(=O)N1CCN(C(=O)c2cccc(C(F)(F)F)c2)C(C)C1. The lowest BCUT2D eigenvalue weighted by Crippen LogP contribution is -2.55. The quantitative estimate of drug-likeness (QED) is 0.471. The van der Waals surface area contributed by atoms with E-state index in [2.05, 4.69) is 16.5 Å². The van der Waals surface area contributed by atoms with E-state index in [-0.39, 0.29) is 43.1 Å². The zero-order chi connectivity index (χ0) is 25.9. The Bertz CT molecular complexity index is 1170. The zero-order valence-corrected chi connectivity index (χ0v) is 19.6. The summed E-state index contributed by atoms with van der Waals surface area (Å²) in [6.07, 6.45) is -3.17. The third kappa shape index (κ3) is 5.67. The third-order valence-corrected chi connectivity index (χ3v) is 5.55. The van der Waals surface area contributed by atoms with E-state index < -0.39 is 35.6 Å². The van der Waals surface area contributed by atoms with Gasteiger partial charge in [0.2, 0.25) is 0 Å². The van der Waals surface area contributed by atoms with E-state index in [1.165, 1.54) is 28.0 Å². The van der Waals surface area contributed by atoms with Crippen molar-refractivity contribution in [1.29, 1.82) is 0 Å². The number of hydrogen-bond acceptors (Lipinski definition) is 6. The van der Waals surface area contributed by atoms with Crippen LogP contribution in [0, 0.1) is 13.8 Å². The van der Waals surface area contributed by atoms with Gasteiger partial charge in [-0.1, -0.05) is 18.7 Å². The second-order valence-corrected chi connectivity index (χ2v) is 8.14. The number of aryl methyl sites for hydroxylation is 2. The van der Waals surface area contributed by atoms with Crippen LogP contribution in [0.25, 0.3) is 0 Å². The highest BCUT2D eigenvalue weighted by Gasteiger charge is 2.35. The highest BCUT2D eigenvalue weighted by atomic mass is 19.4. The first-order valence-electron chi connectivity index (χ1n) is 10.8. The topological polar surface area (TPSA) is 92.7 Å². The predicted octanol–water partition coefficient (Wildman–Crippen LogP) is 3.44. The number of benzene rings is 1. The van der Waals surface area contributed by atoms with Crippen LogP contribution >= 0.6 is 0 Å². The van der Waals surface area contributed by atoms with Crippen molar-refractivity contribution in [3.8, 4) is 0 Å². The maximum absolute atomic E-state index is 13.3. The van der Waals surface area contributed by atoms with E-state index in [4.69, 9.17) is 4.74 Å². The molecule has 1 unspecified atom stereocenters. The van der Waals surface area contributed by atoms with Crippen molar-refractivity contribution in [3.05, 3.63) is 70.8 Å². The number of carbonyl (C=O) groups excluding carboxylic acids is 3. The number of aromatic nitrogens is 2. The van der Waals surface area contributed by atoms with Gasteiger partial charge in [-0.05, 0) is 39.0 Å². The van der Waals surface area contributed by atoms with Crippen LogP contribution in [0.4, 0.5) is 13.2 Å². The van der Waals surface area contributed by atoms with Crippen LogP contribution in [0.15, 0.2) is 36.9 Å². The lowest BCUT2D eigenvalue weighted by Gasteiger charge is -2.40. The summed E-state index contributed by atoms with van der Waals surface area (Å²) in [5, 5.41) is 0. The average molecular weight is 490 g/mol. The van der Waals surface area contributed by atoms with Crippen molar-refractivity contribution in [2.24, 2.45) is 0 Å². The van der Waals surface area contributed by atoms with Crippen LogP contribution in [0.5, 0.6) is 0 Å². The smallest absolute Gasteiger partial charge is 0.416 e. The highest BCUT2D eigenvalue weighted by molar-refractivity contribution is 6.04. The van der Waals surface area contributed by atoms with Crippen LogP contribution < -0.4 is 0 Å². The van der Waals surface area contributed by atoms with Crippen LogP contribution in [0.2, 0.25) is 0 Å². The summed E-state index contributed by atoms with van der Waals surface area (Å²) in [6.45, 7) is 8.62. The molecule has 0 aliphatic carbocycles. The Morgan fingerprint density at radius 3 is 2.51 bits per heavy atom. The molecular weight excluding hydrogens is 465 g/mol. The molecule has 0 saturated carbocycles. The molecule has 2 heterocycles. The van der Waals surface area contributed by atoms with Crippen LogP contribution in [0.1, 0.15) is 55.2 Å². The molecule has 2 aromatic rings. The molecule has 0 radical (unpaired) electrons. The second-order valence-electron chi connectivity index (χ2n) is 8.14. The number of nitrogens with zero attached hydrogens (tertiary/aromatic N) is 4. The van der Waals surface area contributed by atoms with Gasteiger partial charge in [0, 0.05) is 31.2 Å². The summed E-state index contributed by atoms with van der Waals surface area (Å²) in [6, 6.07) is 3.75. The van der Waals surface area contributed by atoms with Crippen molar-refractivity contribution < 1.29 is 32.3 Å². The normalized spacial score (nSPS) is 16.1. The molecule has 35 heavy (non-hydrogen) atoms. The first-order valence-corrected chi connectivity index (χ1v) is 10.8. The molecule has 1 aromatic carbocycles. The monoisotopic (exact) mass is 490 g/mol. The maximum Gasteiger partial charge on any atom is 0.416 e. The summed E-state index contributed by atoms with van der Waals surface area (Å²) >= 11 is 0. The molecule has 1 aliphatic heterocycles. The van der Waals surface area contributed by atoms with Crippen molar-refractivity contribution in [1.82, 2.24) is 19.8 Å². The number of amides is 2. The van der Waals surface area contributed by atoms with E-state index in [0.29, 0.717) is 11.5 Å².